The minimum Gasteiger partial charge on any atom is -0.352 e. The Kier molecular flexibility index (Phi) is 5.87. The summed E-state index contributed by atoms with van der Waals surface area (Å²) in [7, 11) is 2.17. The van der Waals surface area contributed by atoms with E-state index in [-0.39, 0.29) is 5.91 Å². The molecule has 0 aliphatic carbocycles. The number of carbonyl (C=O) groups excluding carboxylic acids is 1. The van der Waals surface area contributed by atoms with E-state index in [0.717, 1.165) is 30.0 Å². The number of hydrogen-bond donors (Lipinski definition) is 1. The van der Waals surface area contributed by atoms with Crippen LogP contribution in [0.5, 0.6) is 0 Å². The van der Waals surface area contributed by atoms with Gasteiger partial charge in [-0.2, -0.15) is 0 Å². The van der Waals surface area contributed by atoms with Crippen molar-refractivity contribution in [3.8, 4) is 5.69 Å². The number of hydrogen-bond acceptors (Lipinski definition) is 3. The van der Waals surface area contributed by atoms with Gasteiger partial charge in [0.05, 0.1) is 0 Å². The third-order valence-corrected chi connectivity index (χ3v) is 5.16. The molecule has 134 valence electrons. The monoisotopic (exact) mass is 340 g/mol. The summed E-state index contributed by atoms with van der Waals surface area (Å²) >= 11 is 0. The number of nitrogens with zero attached hydrogens (tertiary/aromatic N) is 3. The van der Waals surface area contributed by atoms with Crippen molar-refractivity contribution < 1.29 is 4.79 Å². The van der Waals surface area contributed by atoms with Crippen LogP contribution in [0, 0.1) is 6.92 Å². The maximum Gasteiger partial charge on any atom is 0.220 e. The zero-order valence-electron chi connectivity index (χ0n) is 15.2. The van der Waals surface area contributed by atoms with Gasteiger partial charge < -0.3 is 14.8 Å². The van der Waals surface area contributed by atoms with Gasteiger partial charge in [-0.25, -0.2) is 4.98 Å². The fraction of sp³-hybridized carbons (Fsp3) is 0.500. The van der Waals surface area contributed by atoms with Crippen molar-refractivity contribution in [3.05, 3.63) is 48.0 Å². The molecule has 1 aliphatic rings. The molecule has 1 aromatic carbocycles. The normalized spacial score (nSPS) is 18.2. The van der Waals surface area contributed by atoms with Crippen LogP contribution in [0.3, 0.4) is 0 Å². The first-order chi connectivity index (χ1) is 12.1. The van der Waals surface area contributed by atoms with E-state index >= 15 is 0 Å². The Morgan fingerprint density at radius 2 is 2.08 bits per heavy atom. The van der Waals surface area contributed by atoms with Gasteiger partial charge in [0, 0.05) is 37.1 Å². The molecule has 5 heteroatoms. The summed E-state index contributed by atoms with van der Waals surface area (Å²) in [5.41, 5.74) is 2.20. The lowest BCUT2D eigenvalue weighted by Crippen LogP contribution is -2.37. The lowest BCUT2D eigenvalue weighted by atomic mass is 9.98. The van der Waals surface area contributed by atoms with E-state index in [0.29, 0.717) is 19.0 Å². The number of carbonyl (C=O) groups is 1. The number of amides is 1. The molecule has 2 aromatic rings. The molecule has 3 rings (SSSR count). The SMILES string of the molecule is Cc1nccn1-c1ccc(CNC(=O)CCC2CCCCN2C)cc1. The highest BCUT2D eigenvalue weighted by Crippen LogP contribution is 2.19. The molecule has 1 atom stereocenters. The molecular weight excluding hydrogens is 312 g/mol. The highest BCUT2D eigenvalue weighted by Gasteiger charge is 2.19. The second-order valence-electron chi connectivity index (χ2n) is 6.96. The Morgan fingerprint density at radius 3 is 2.76 bits per heavy atom. The Bertz CT molecular complexity index is 692. The largest absolute Gasteiger partial charge is 0.352 e. The van der Waals surface area contributed by atoms with Gasteiger partial charge in [-0.3, -0.25) is 4.79 Å². The smallest absolute Gasteiger partial charge is 0.220 e. The van der Waals surface area contributed by atoms with E-state index in [1.54, 1.807) is 6.20 Å². The number of likely N-dealkylation sites (tertiary alicyclic amines) is 1. The zero-order chi connectivity index (χ0) is 17.6. The summed E-state index contributed by atoms with van der Waals surface area (Å²) in [6, 6.07) is 8.81. The van der Waals surface area contributed by atoms with Gasteiger partial charge in [-0.1, -0.05) is 18.6 Å². The molecular formula is C20H28N4O. The average Bonchev–Trinajstić information content (AvgIpc) is 3.06. The van der Waals surface area contributed by atoms with Gasteiger partial charge in [0.15, 0.2) is 0 Å². The minimum absolute atomic E-state index is 0.147. The maximum atomic E-state index is 12.1. The lowest BCUT2D eigenvalue weighted by molar-refractivity contribution is -0.121. The zero-order valence-corrected chi connectivity index (χ0v) is 15.2. The van der Waals surface area contributed by atoms with E-state index in [1.165, 1.54) is 19.3 Å². The van der Waals surface area contributed by atoms with E-state index in [2.05, 4.69) is 46.5 Å². The predicted molar refractivity (Wildman–Crippen MR) is 99.7 cm³/mol. The van der Waals surface area contributed by atoms with Gasteiger partial charge >= 0.3 is 0 Å². The molecule has 25 heavy (non-hydrogen) atoms. The van der Waals surface area contributed by atoms with Gasteiger partial charge in [0.2, 0.25) is 5.91 Å². The molecule has 0 saturated carbocycles. The Labute approximate surface area is 150 Å². The molecule has 1 aromatic heterocycles. The number of rotatable bonds is 6. The van der Waals surface area contributed by atoms with E-state index in [9.17, 15) is 4.79 Å². The summed E-state index contributed by atoms with van der Waals surface area (Å²) in [6.07, 6.45) is 9.12. The third-order valence-electron chi connectivity index (χ3n) is 5.16. The summed E-state index contributed by atoms with van der Waals surface area (Å²) in [5, 5.41) is 3.04. The molecule has 1 aliphatic heterocycles. The van der Waals surface area contributed by atoms with Crippen LogP contribution in [0.25, 0.3) is 5.69 Å². The second kappa shape index (κ2) is 8.30. The molecule has 1 unspecified atom stereocenters. The number of imidazole rings is 1. The Hall–Kier alpha value is -2.14. The molecule has 0 spiro atoms. The quantitative estimate of drug-likeness (QED) is 0.879. The fourth-order valence-corrected chi connectivity index (χ4v) is 3.52. The molecule has 1 saturated heterocycles. The lowest BCUT2D eigenvalue weighted by Gasteiger charge is -2.32. The summed E-state index contributed by atoms with van der Waals surface area (Å²) in [6.45, 7) is 3.73. The molecule has 0 bridgehead atoms. The standard InChI is InChI=1S/C20H28N4O/c1-16-21-12-14-24(16)19-8-6-17(7-9-19)15-22-20(25)11-10-18-5-3-4-13-23(18)2/h6-9,12,14,18H,3-5,10-11,13,15H2,1-2H3,(H,22,25). The summed E-state index contributed by atoms with van der Waals surface area (Å²) in [5.74, 6) is 1.11. The first kappa shape index (κ1) is 17.7. The molecule has 1 N–H and O–H groups in total. The fourth-order valence-electron chi connectivity index (χ4n) is 3.52. The second-order valence-corrected chi connectivity index (χ2v) is 6.96. The van der Waals surface area contributed by atoms with Crippen molar-refractivity contribution in [3.63, 3.8) is 0 Å². The molecule has 2 heterocycles. The van der Waals surface area contributed by atoms with Gasteiger partial charge in [0.25, 0.3) is 0 Å². The molecule has 0 radical (unpaired) electrons. The number of benzene rings is 1. The average molecular weight is 340 g/mol. The predicted octanol–water partition coefficient (Wildman–Crippen LogP) is 3.06. The van der Waals surface area contributed by atoms with Crippen LogP contribution in [-0.4, -0.2) is 40.0 Å². The van der Waals surface area contributed by atoms with Crippen LogP contribution in [0.4, 0.5) is 0 Å². The van der Waals surface area contributed by atoms with E-state index in [4.69, 9.17) is 0 Å². The van der Waals surface area contributed by atoms with Crippen molar-refractivity contribution in [2.45, 2.75) is 51.6 Å². The van der Waals surface area contributed by atoms with Gasteiger partial charge in [-0.05, 0) is 57.5 Å². The van der Waals surface area contributed by atoms with Gasteiger partial charge in [0.1, 0.15) is 5.82 Å². The highest BCUT2D eigenvalue weighted by atomic mass is 16.1. The number of aromatic nitrogens is 2. The number of nitrogens with one attached hydrogen (secondary N) is 1. The third kappa shape index (κ3) is 4.69. The summed E-state index contributed by atoms with van der Waals surface area (Å²) < 4.78 is 2.04. The van der Waals surface area contributed by atoms with Crippen LogP contribution in [0.2, 0.25) is 0 Å². The first-order valence-corrected chi connectivity index (χ1v) is 9.19. The van der Waals surface area contributed by atoms with Crippen molar-refractivity contribution >= 4 is 5.91 Å². The highest BCUT2D eigenvalue weighted by molar-refractivity contribution is 5.75. The van der Waals surface area contributed by atoms with Crippen molar-refractivity contribution in [1.82, 2.24) is 19.8 Å². The first-order valence-electron chi connectivity index (χ1n) is 9.19. The number of aryl methyl sites for hydroxylation is 1. The van der Waals surface area contributed by atoms with Crippen LogP contribution in [0.15, 0.2) is 36.7 Å². The van der Waals surface area contributed by atoms with E-state index in [1.807, 2.05) is 17.7 Å². The van der Waals surface area contributed by atoms with Crippen LogP contribution < -0.4 is 5.32 Å². The molecule has 5 nitrogen and oxygen atoms in total. The van der Waals surface area contributed by atoms with Crippen molar-refractivity contribution in [1.29, 1.82) is 0 Å². The van der Waals surface area contributed by atoms with Gasteiger partial charge in [-0.15, -0.1) is 0 Å². The van der Waals surface area contributed by atoms with Crippen LogP contribution in [0.1, 0.15) is 43.5 Å². The van der Waals surface area contributed by atoms with Crippen LogP contribution in [-0.2, 0) is 11.3 Å². The minimum atomic E-state index is 0.147. The molecule has 1 amide bonds. The Balaban J connectivity index is 1.45. The van der Waals surface area contributed by atoms with Crippen molar-refractivity contribution in [2.75, 3.05) is 13.6 Å². The van der Waals surface area contributed by atoms with E-state index < -0.39 is 0 Å². The number of piperidine rings is 1. The van der Waals surface area contributed by atoms with Crippen LogP contribution >= 0.6 is 0 Å². The Morgan fingerprint density at radius 1 is 1.28 bits per heavy atom. The van der Waals surface area contributed by atoms with Crippen molar-refractivity contribution in [2.24, 2.45) is 0 Å². The topological polar surface area (TPSA) is 50.2 Å². The summed E-state index contributed by atoms with van der Waals surface area (Å²) in [4.78, 5) is 18.8. The maximum absolute atomic E-state index is 12.1. The molecule has 1 fully saturated rings.